The third-order valence-electron chi connectivity index (χ3n) is 2.28. The summed E-state index contributed by atoms with van der Waals surface area (Å²) in [6, 6.07) is 6.43. The summed E-state index contributed by atoms with van der Waals surface area (Å²) in [5.41, 5.74) is 11.3. The predicted octanol–water partition coefficient (Wildman–Crippen LogP) is 0.238. The average Bonchev–Trinajstić information content (AvgIpc) is 2.26. The number of hydrogen-bond donors (Lipinski definition) is 2. The highest BCUT2D eigenvalue weighted by atomic mass is 32.2. The zero-order valence-corrected chi connectivity index (χ0v) is 10.1. The van der Waals surface area contributed by atoms with E-state index in [-0.39, 0.29) is 10.6 Å². The molecule has 4 N–H and O–H groups in total. The smallest absolute Gasteiger partial charge is 0.244 e. The Bertz CT molecular complexity index is 445. The van der Waals surface area contributed by atoms with E-state index in [0.29, 0.717) is 19.5 Å². The van der Waals surface area contributed by atoms with Crippen LogP contribution < -0.4 is 11.5 Å². The van der Waals surface area contributed by atoms with Crippen molar-refractivity contribution in [2.24, 2.45) is 5.73 Å². The number of benzene rings is 1. The molecule has 0 aromatic heterocycles. The molecule has 1 aromatic carbocycles. The summed E-state index contributed by atoms with van der Waals surface area (Å²) in [4.78, 5) is 0.148. The number of anilines is 1. The van der Waals surface area contributed by atoms with Crippen LogP contribution in [0, 0.1) is 0 Å². The van der Waals surface area contributed by atoms with Gasteiger partial charge in [-0.15, -0.1) is 0 Å². The Balaban J connectivity index is 2.98. The fourth-order valence-corrected chi connectivity index (χ4v) is 2.64. The highest BCUT2D eigenvalue weighted by molar-refractivity contribution is 7.89. The topological polar surface area (TPSA) is 89.4 Å². The van der Waals surface area contributed by atoms with E-state index in [0.717, 1.165) is 0 Å². The van der Waals surface area contributed by atoms with Gasteiger partial charge in [0.2, 0.25) is 10.0 Å². The largest absolute Gasteiger partial charge is 0.398 e. The lowest BCUT2D eigenvalue weighted by molar-refractivity contribution is 0.464. The molecule has 0 aliphatic rings. The first-order valence-electron chi connectivity index (χ1n) is 5.01. The van der Waals surface area contributed by atoms with E-state index in [1.165, 1.54) is 17.4 Å². The molecular formula is C10H17N3O2S. The first kappa shape index (κ1) is 13.0. The van der Waals surface area contributed by atoms with Gasteiger partial charge in [0, 0.05) is 13.6 Å². The first-order chi connectivity index (χ1) is 7.50. The number of nitrogens with two attached hydrogens (primary N) is 2. The highest BCUT2D eigenvalue weighted by Gasteiger charge is 2.21. The molecule has 0 fully saturated rings. The molecule has 0 saturated carbocycles. The maximum Gasteiger partial charge on any atom is 0.244 e. The van der Waals surface area contributed by atoms with Crippen molar-refractivity contribution in [3.05, 3.63) is 24.3 Å². The summed E-state index contributed by atoms with van der Waals surface area (Å²) in [7, 11) is -1.96. The molecule has 90 valence electrons. The van der Waals surface area contributed by atoms with E-state index < -0.39 is 10.0 Å². The van der Waals surface area contributed by atoms with Crippen LogP contribution in [0.2, 0.25) is 0 Å². The second kappa shape index (κ2) is 5.29. The molecule has 5 nitrogen and oxygen atoms in total. The van der Waals surface area contributed by atoms with E-state index in [1.54, 1.807) is 18.2 Å². The fourth-order valence-electron chi connectivity index (χ4n) is 1.32. The molecule has 0 amide bonds. The van der Waals surface area contributed by atoms with Crippen molar-refractivity contribution in [1.29, 1.82) is 0 Å². The fraction of sp³-hybridized carbons (Fsp3) is 0.400. The Kier molecular flexibility index (Phi) is 4.28. The minimum absolute atomic E-state index is 0.148. The molecule has 6 heteroatoms. The van der Waals surface area contributed by atoms with E-state index in [9.17, 15) is 8.42 Å². The SMILES string of the molecule is CN(CCCN)S(=O)(=O)c1ccccc1N. The molecule has 0 bridgehead atoms. The lowest BCUT2D eigenvalue weighted by atomic mass is 10.3. The molecule has 0 spiro atoms. The third-order valence-corrected chi connectivity index (χ3v) is 4.22. The number of sulfonamides is 1. The molecule has 0 aliphatic carbocycles. The summed E-state index contributed by atoms with van der Waals surface area (Å²) in [5, 5.41) is 0. The Morgan fingerprint density at radius 1 is 1.31 bits per heavy atom. The van der Waals surface area contributed by atoms with Crippen molar-refractivity contribution >= 4 is 15.7 Å². The summed E-state index contributed by atoms with van der Waals surface area (Å²) in [6.07, 6.45) is 0.627. The second-order valence-electron chi connectivity index (χ2n) is 3.51. The van der Waals surface area contributed by atoms with Crippen LogP contribution in [-0.4, -0.2) is 32.9 Å². The van der Waals surface area contributed by atoms with Crippen LogP contribution >= 0.6 is 0 Å². The van der Waals surface area contributed by atoms with Gasteiger partial charge in [0.05, 0.1) is 5.69 Å². The molecular weight excluding hydrogens is 226 g/mol. The van der Waals surface area contributed by atoms with Gasteiger partial charge in [-0.25, -0.2) is 12.7 Å². The standard InChI is InChI=1S/C10H17N3O2S/c1-13(8-4-7-11)16(14,15)10-6-3-2-5-9(10)12/h2-3,5-6H,4,7-8,11-12H2,1H3. The van der Waals surface area contributed by atoms with Crippen LogP contribution in [0.3, 0.4) is 0 Å². The molecule has 1 aromatic rings. The molecule has 0 radical (unpaired) electrons. The van der Waals surface area contributed by atoms with Crippen molar-refractivity contribution in [2.45, 2.75) is 11.3 Å². The number of rotatable bonds is 5. The molecule has 16 heavy (non-hydrogen) atoms. The third kappa shape index (κ3) is 2.72. The maximum absolute atomic E-state index is 12.1. The van der Waals surface area contributed by atoms with Gasteiger partial charge in [-0.1, -0.05) is 12.1 Å². The van der Waals surface area contributed by atoms with E-state index in [1.807, 2.05) is 0 Å². The van der Waals surface area contributed by atoms with Crippen LogP contribution in [0.5, 0.6) is 0 Å². The molecule has 0 aliphatic heterocycles. The van der Waals surface area contributed by atoms with Crippen LogP contribution in [0.25, 0.3) is 0 Å². The summed E-state index contributed by atoms with van der Waals surface area (Å²) in [5.74, 6) is 0. The van der Waals surface area contributed by atoms with Crippen molar-refractivity contribution in [2.75, 3.05) is 25.9 Å². The summed E-state index contributed by atoms with van der Waals surface area (Å²) < 4.78 is 25.4. The number of nitrogen functional groups attached to an aromatic ring is 1. The summed E-state index contributed by atoms with van der Waals surface area (Å²) >= 11 is 0. The van der Waals surface area contributed by atoms with Gasteiger partial charge in [-0.2, -0.15) is 0 Å². The Morgan fingerprint density at radius 3 is 2.50 bits per heavy atom. The van der Waals surface area contributed by atoms with Gasteiger partial charge >= 0.3 is 0 Å². The normalized spacial score (nSPS) is 11.9. The maximum atomic E-state index is 12.1. The zero-order chi connectivity index (χ0) is 12.2. The Morgan fingerprint density at radius 2 is 1.94 bits per heavy atom. The predicted molar refractivity (Wildman–Crippen MR) is 64.3 cm³/mol. The monoisotopic (exact) mass is 243 g/mol. The van der Waals surface area contributed by atoms with Gasteiger partial charge in [-0.05, 0) is 25.1 Å². The molecule has 0 unspecified atom stereocenters. The summed E-state index contributed by atoms with van der Waals surface area (Å²) in [6.45, 7) is 0.858. The Labute approximate surface area is 96.1 Å². The van der Waals surface area contributed by atoms with E-state index >= 15 is 0 Å². The second-order valence-corrected chi connectivity index (χ2v) is 5.52. The molecule has 0 atom stereocenters. The number of hydrogen-bond acceptors (Lipinski definition) is 4. The number of nitrogens with zero attached hydrogens (tertiary/aromatic N) is 1. The minimum atomic E-state index is -3.49. The molecule has 1 rings (SSSR count). The number of para-hydroxylation sites is 1. The molecule has 0 saturated heterocycles. The Hall–Kier alpha value is -1.11. The van der Waals surface area contributed by atoms with Gasteiger partial charge in [-0.3, -0.25) is 0 Å². The molecule has 0 heterocycles. The van der Waals surface area contributed by atoms with Crippen molar-refractivity contribution in [1.82, 2.24) is 4.31 Å². The quantitative estimate of drug-likeness (QED) is 0.725. The van der Waals surface area contributed by atoms with Crippen LogP contribution in [0.1, 0.15) is 6.42 Å². The van der Waals surface area contributed by atoms with Crippen LogP contribution in [-0.2, 0) is 10.0 Å². The van der Waals surface area contributed by atoms with Gasteiger partial charge in [0.15, 0.2) is 0 Å². The average molecular weight is 243 g/mol. The van der Waals surface area contributed by atoms with Crippen molar-refractivity contribution in [3.8, 4) is 0 Å². The minimum Gasteiger partial charge on any atom is -0.398 e. The van der Waals surface area contributed by atoms with Crippen LogP contribution in [0.15, 0.2) is 29.2 Å². The lowest BCUT2D eigenvalue weighted by Gasteiger charge is -2.17. The lowest BCUT2D eigenvalue weighted by Crippen LogP contribution is -2.29. The van der Waals surface area contributed by atoms with Gasteiger partial charge < -0.3 is 11.5 Å². The highest BCUT2D eigenvalue weighted by Crippen LogP contribution is 2.20. The first-order valence-corrected chi connectivity index (χ1v) is 6.45. The van der Waals surface area contributed by atoms with Crippen molar-refractivity contribution < 1.29 is 8.42 Å². The van der Waals surface area contributed by atoms with E-state index in [4.69, 9.17) is 11.5 Å². The van der Waals surface area contributed by atoms with E-state index in [2.05, 4.69) is 0 Å². The zero-order valence-electron chi connectivity index (χ0n) is 9.26. The van der Waals surface area contributed by atoms with Gasteiger partial charge in [0.25, 0.3) is 0 Å². The van der Waals surface area contributed by atoms with Crippen LogP contribution in [0.4, 0.5) is 5.69 Å². The van der Waals surface area contributed by atoms with Crippen molar-refractivity contribution in [3.63, 3.8) is 0 Å². The van der Waals surface area contributed by atoms with Gasteiger partial charge in [0.1, 0.15) is 4.90 Å².